The maximum atomic E-state index is 15.4. The van der Waals surface area contributed by atoms with Crippen molar-refractivity contribution in [3.63, 3.8) is 0 Å². The van der Waals surface area contributed by atoms with Crippen molar-refractivity contribution in [3.8, 4) is 0 Å². The molecule has 0 spiro atoms. The molecule has 4 aromatic rings. The Bertz CT molecular complexity index is 1780. The topological polar surface area (TPSA) is 4.44 Å². The van der Waals surface area contributed by atoms with Gasteiger partial charge in [0.05, 0.1) is 19.6 Å². The van der Waals surface area contributed by atoms with Crippen LogP contribution in [0.25, 0.3) is 0 Å². The van der Waals surface area contributed by atoms with E-state index in [1.807, 2.05) is 0 Å². The van der Waals surface area contributed by atoms with Crippen LogP contribution in [0.5, 0.6) is 0 Å². The van der Waals surface area contributed by atoms with E-state index in [4.69, 9.17) is 0 Å². The summed E-state index contributed by atoms with van der Waals surface area (Å²) in [6, 6.07) is 0.985. The van der Waals surface area contributed by atoms with Gasteiger partial charge < -0.3 is 4.90 Å². The molecule has 1 N–H and O–H groups in total. The molecule has 1 fully saturated rings. The van der Waals surface area contributed by atoms with E-state index < -0.39 is 144 Å². The van der Waals surface area contributed by atoms with Gasteiger partial charge in [0.25, 0.3) is 0 Å². The van der Waals surface area contributed by atoms with Crippen LogP contribution in [0.3, 0.4) is 0 Å². The van der Waals surface area contributed by atoms with Gasteiger partial charge in [0, 0.05) is 0 Å². The standard InChI is InChI=1S/C24BF20.C9H19N/c26-5-1(6(27)14(35)21(42)13(5)34)25(2-7(28)15(36)22(43)16(37)8(2)29,3-9(30)17(38)23(44)18(39)10(3)31)4-11(32)19(40)24(45)20(41)12(4)33;1-3-10(2)9-7-5-4-6-8-9/h;9H,3-8H2,1-2H3/q-1;/p+1. The normalized spacial score (nSPS) is 14.3. The third kappa shape index (κ3) is 6.66. The minimum atomic E-state index is -7.22. The van der Waals surface area contributed by atoms with Crippen LogP contribution in [0.2, 0.25) is 0 Å². The molecule has 1 nitrogen and oxygen atoms in total. The average Bonchev–Trinajstić information content (AvgIpc) is 3.17. The SMILES string of the molecule is CC[NH+](C)C1CCCCC1.Fc1c(F)c(F)c([B-](c2c(F)c(F)c(F)c(F)c2F)(c2c(F)c(F)c(F)c(F)c2F)c2c(F)c(F)c(F)c(F)c2F)c(F)c1F. The molecule has 0 amide bonds. The number of halogens is 20. The first-order valence-electron chi connectivity index (χ1n) is 15.6. The molecule has 4 aromatic carbocycles. The molecule has 0 aromatic heterocycles. The summed E-state index contributed by atoms with van der Waals surface area (Å²) in [6.45, 7) is 3.58. The number of hydrogen-bond acceptors (Lipinski definition) is 0. The molecule has 5 rings (SSSR count). The van der Waals surface area contributed by atoms with Crippen LogP contribution in [-0.2, 0) is 0 Å². The Hall–Kier alpha value is -4.50. The summed E-state index contributed by atoms with van der Waals surface area (Å²) < 4.78 is 294. The highest BCUT2D eigenvalue weighted by Crippen LogP contribution is 2.30. The fourth-order valence-corrected chi connectivity index (χ4v) is 6.76. The molecule has 0 aliphatic heterocycles. The van der Waals surface area contributed by atoms with Gasteiger partial charge >= 0.3 is 0 Å². The maximum absolute atomic E-state index is 15.4. The zero-order valence-electron chi connectivity index (χ0n) is 27.5. The fraction of sp³-hybridized carbons (Fsp3) is 0.273. The van der Waals surface area contributed by atoms with Crippen LogP contribution in [-0.4, -0.2) is 25.8 Å². The lowest BCUT2D eigenvalue weighted by Gasteiger charge is -2.44. The zero-order valence-corrected chi connectivity index (χ0v) is 27.5. The number of hydrogen-bond donors (Lipinski definition) is 1. The molecule has 22 heteroatoms. The Morgan fingerprint density at radius 3 is 0.709 bits per heavy atom. The van der Waals surface area contributed by atoms with E-state index >= 15 is 35.1 Å². The lowest BCUT2D eigenvalue weighted by atomic mass is 9.12. The zero-order chi connectivity index (χ0) is 41.8. The van der Waals surface area contributed by atoms with E-state index in [0.29, 0.717) is 0 Å². The maximum Gasteiger partial charge on any atom is 0.200 e. The van der Waals surface area contributed by atoms with Crippen molar-refractivity contribution in [3.05, 3.63) is 116 Å². The van der Waals surface area contributed by atoms with Crippen LogP contribution in [0.1, 0.15) is 39.0 Å². The second-order valence-corrected chi connectivity index (χ2v) is 12.3. The molecule has 0 bridgehead atoms. The number of benzene rings is 4. The highest BCUT2D eigenvalue weighted by atomic mass is 19.2. The van der Waals surface area contributed by atoms with E-state index in [9.17, 15) is 52.7 Å². The molecule has 55 heavy (non-hydrogen) atoms. The summed E-state index contributed by atoms with van der Waals surface area (Å²) in [4.78, 5) is 1.74. The summed E-state index contributed by atoms with van der Waals surface area (Å²) in [5.41, 5.74) is -14.3. The predicted molar refractivity (Wildman–Crippen MR) is 154 cm³/mol. The van der Waals surface area contributed by atoms with Crippen molar-refractivity contribution in [1.82, 2.24) is 0 Å². The highest BCUT2D eigenvalue weighted by molar-refractivity contribution is 7.20. The van der Waals surface area contributed by atoms with E-state index in [0.717, 1.165) is 6.04 Å². The molecule has 300 valence electrons. The van der Waals surface area contributed by atoms with Crippen molar-refractivity contribution >= 4 is 28.0 Å². The summed E-state index contributed by atoms with van der Waals surface area (Å²) in [7, 11) is 2.33. The van der Waals surface area contributed by atoms with Crippen molar-refractivity contribution in [2.24, 2.45) is 0 Å². The van der Waals surface area contributed by atoms with Crippen LogP contribution < -0.4 is 26.8 Å². The Morgan fingerprint density at radius 1 is 0.345 bits per heavy atom. The summed E-state index contributed by atoms with van der Waals surface area (Å²) in [5.74, 6) is -71.4. The minimum absolute atomic E-state index is 0.985. The molecule has 1 atom stereocenters. The Labute approximate surface area is 296 Å². The van der Waals surface area contributed by atoms with Crippen LogP contribution >= 0.6 is 0 Å². The number of rotatable bonds is 6. The molecule has 0 heterocycles. The Morgan fingerprint density at radius 2 is 0.527 bits per heavy atom. The predicted octanol–water partition coefficient (Wildman–Crippen LogP) is 6.70. The largest absolute Gasteiger partial charge is 0.335 e. The van der Waals surface area contributed by atoms with Gasteiger partial charge in [-0.2, -0.15) is 0 Å². The van der Waals surface area contributed by atoms with E-state index in [-0.39, 0.29) is 0 Å². The van der Waals surface area contributed by atoms with Gasteiger partial charge in [0.2, 0.25) is 0 Å². The first kappa shape index (κ1) is 43.2. The quantitative estimate of drug-likeness (QED) is 0.0958. The summed E-state index contributed by atoms with van der Waals surface area (Å²) >= 11 is 0. The summed E-state index contributed by atoms with van der Waals surface area (Å²) in [6.07, 6.45) is 0.155. The van der Waals surface area contributed by atoms with Crippen molar-refractivity contribution < 1.29 is 92.7 Å². The molecular formula is C33H20BF20N. The minimum Gasteiger partial charge on any atom is -0.335 e. The van der Waals surface area contributed by atoms with Gasteiger partial charge in [-0.15, -0.1) is 21.9 Å². The van der Waals surface area contributed by atoms with Gasteiger partial charge in [-0.05, 0) is 32.6 Å². The summed E-state index contributed by atoms with van der Waals surface area (Å²) in [5, 5.41) is 0. The lowest BCUT2D eigenvalue weighted by molar-refractivity contribution is -0.905. The van der Waals surface area contributed by atoms with Crippen LogP contribution in [0.15, 0.2) is 0 Å². The van der Waals surface area contributed by atoms with Gasteiger partial charge in [0.1, 0.15) is 52.7 Å². The van der Waals surface area contributed by atoms with Crippen LogP contribution in [0, 0.1) is 116 Å². The fourth-order valence-electron chi connectivity index (χ4n) is 6.76. The molecule has 0 saturated heterocycles. The van der Waals surface area contributed by atoms with Crippen molar-refractivity contribution in [2.45, 2.75) is 45.1 Å². The number of quaternary nitrogens is 1. The Balaban J connectivity index is 0.000000583. The van der Waals surface area contributed by atoms with E-state index in [2.05, 4.69) is 14.0 Å². The average molecular weight is 821 g/mol. The molecular weight excluding hydrogens is 801 g/mol. The molecule has 0 radical (unpaired) electrons. The molecule has 1 unspecified atom stereocenters. The lowest BCUT2D eigenvalue weighted by Crippen LogP contribution is -3.12. The first-order chi connectivity index (χ1) is 25.5. The van der Waals surface area contributed by atoms with Crippen molar-refractivity contribution in [2.75, 3.05) is 13.6 Å². The van der Waals surface area contributed by atoms with Gasteiger partial charge in [-0.25, -0.2) is 87.8 Å². The van der Waals surface area contributed by atoms with Gasteiger partial charge in [-0.3, -0.25) is 0 Å². The van der Waals surface area contributed by atoms with Crippen molar-refractivity contribution in [1.29, 1.82) is 0 Å². The second kappa shape index (κ2) is 15.9. The van der Waals surface area contributed by atoms with Gasteiger partial charge in [-0.1, -0.05) is 6.42 Å². The second-order valence-electron chi connectivity index (χ2n) is 12.3. The smallest absolute Gasteiger partial charge is 0.200 e. The van der Waals surface area contributed by atoms with Crippen LogP contribution in [0.4, 0.5) is 87.8 Å². The molecule has 1 saturated carbocycles. The third-order valence-electron chi connectivity index (χ3n) is 9.57. The highest BCUT2D eigenvalue weighted by Gasteiger charge is 2.52. The number of nitrogens with one attached hydrogen (secondary N) is 1. The first-order valence-corrected chi connectivity index (χ1v) is 15.6. The Kier molecular flexibility index (Phi) is 12.5. The van der Waals surface area contributed by atoms with E-state index in [1.165, 1.54) is 38.6 Å². The third-order valence-corrected chi connectivity index (χ3v) is 9.57. The molecule has 1 aliphatic carbocycles. The molecule has 1 aliphatic rings. The van der Waals surface area contributed by atoms with Gasteiger partial charge in [0.15, 0.2) is 69.8 Å². The van der Waals surface area contributed by atoms with E-state index in [1.54, 1.807) is 4.90 Å². The monoisotopic (exact) mass is 821 g/mol.